The maximum Gasteiger partial charge on any atom is 0.170 e. The topological polar surface area (TPSA) is 28.5 Å². The molecular weight excluding hydrogens is 278 g/mol. The van der Waals surface area contributed by atoms with Gasteiger partial charge in [0.2, 0.25) is 0 Å². The minimum Gasteiger partial charge on any atom is -0.362 e. The third-order valence-corrected chi connectivity index (χ3v) is 4.56. The van der Waals surface area contributed by atoms with Crippen molar-refractivity contribution in [2.75, 3.05) is 31.5 Å². The van der Waals surface area contributed by atoms with Crippen molar-refractivity contribution in [2.24, 2.45) is 0 Å². The number of rotatable bonds is 5. The van der Waals surface area contributed by atoms with Crippen LogP contribution in [-0.2, 0) is 0 Å². The summed E-state index contributed by atoms with van der Waals surface area (Å²) in [6, 6.07) is 6.34. The molecule has 1 aromatic carbocycles. The van der Waals surface area contributed by atoms with Gasteiger partial charge in [0.15, 0.2) is 5.11 Å². The molecule has 2 rings (SSSR count). The molecule has 3 N–H and O–H groups in total. The predicted octanol–water partition coefficient (Wildman–Crippen LogP) is 2.05. The van der Waals surface area contributed by atoms with E-state index in [1.165, 1.54) is 56.4 Å². The van der Waals surface area contributed by atoms with Gasteiger partial charge in [0.1, 0.15) is 0 Å². The average Bonchev–Trinajstić information content (AvgIpc) is 2.49. The Labute approximate surface area is 134 Å². The van der Waals surface area contributed by atoms with Gasteiger partial charge in [0, 0.05) is 18.7 Å². The van der Waals surface area contributed by atoms with Crippen LogP contribution in [0.15, 0.2) is 18.2 Å². The van der Waals surface area contributed by atoms with Gasteiger partial charge < -0.3 is 15.5 Å². The standard InChI is InChI=1S/C17H27N3S/c1-14-7-8-16(13-15(14)2)19-17(21)18-9-6-12-20-10-4-3-5-11-20/h7-8,13H,3-6,9-12H2,1-2H3,(H2,18,19,21)/p+1. The first kappa shape index (κ1) is 16.2. The summed E-state index contributed by atoms with van der Waals surface area (Å²) in [5, 5.41) is 7.30. The van der Waals surface area contributed by atoms with Crippen LogP contribution >= 0.6 is 12.2 Å². The van der Waals surface area contributed by atoms with Crippen LogP contribution in [0.3, 0.4) is 0 Å². The van der Waals surface area contributed by atoms with Crippen LogP contribution in [0.4, 0.5) is 5.69 Å². The number of anilines is 1. The molecule has 1 aromatic rings. The summed E-state index contributed by atoms with van der Waals surface area (Å²) in [5.41, 5.74) is 3.66. The largest absolute Gasteiger partial charge is 0.362 e. The van der Waals surface area contributed by atoms with Crippen molar-refractivity contribution < 1.29 is 4.90 Å². The van der Waals surface area contributed by atoms with E-state index >= 15 is 0 Å². The van der Waals surface area contributed by atoms with Crippen molar-refractivity contribution in [1.82, 2.24) is 5.32 Å². The molecule has 116 valence electrons. The van der Waals surface area contributed by atoms with Gasteiger partial charge in [-0.15, -0.1) is 0 Å². The number of nitrogens with one attached hydrogen (secondary N) is 3. The molecule has 1 fully saturated rings. The lowest BCUT2D eigenvalue weighted by atomic mass is 10.1. The van der Waals surface area contributed by atoms with E-state index in [0.717, 1.165) is 17.3 Å². The number of likely N-dealkylation sites (tertiary alicyclic amines) is 1. The van der Waals surface area contributed by atoms with Gasteiger partial charge >= 0.3 is 0 Å². The van der Waals surface area contributed by atoms with Gasteiger partial charge in [-0.1, -0.05) is 6.07 Å². The molecule has 1 heterocycles. The van der Waals surface area contributed by atoms with Crippen LogP contribution in [0.1, 0.15) is 36.8 Å². The Kier molecular flexibility index (Phi) is 6.46. The molecule has 1 aliphatic heterocycles. The zero-order valence-corrected chi connectivity index (χ0v) is 14.1. The Morgan fingerprint density at radius 2 is 1.90 bits per heavy atom. The van der Waals surface area contributed by atoms with Crippen molar-refractivity contribution in [1.29, 1.82) is 0 Å². The molecule has 0 atom stereocenters. The number of piperidine rings is 1. The maximum absolute atomic E-state index is 5.35. The first-order chi connectivity index (χ1) is 10.1. The molecule has 21 heavy (non-hydrogen) atoms. The summed E-state index contributed by atoms with van der Waals surface area (Å²) in [5.74, 6) is 0. The molecule has 0 unspecified atom stereocenters. The first-order valence-corrected chi connectivity index (χ1v) is 8.51. The zero-order valence-electron chi connectivity index (χ0n) is 13.3. The summed E-state index contributed by atoms with van der Waals surface area (Å²) < 4.78 is 0. The van der Waals surface area contributed by atoms with Crippen molar-refractivity contribution >= 4 is 23.0 Å². The molecule has 0 saturated carbocycles. The molecule has 0 bridgehead atoms. The van der Waals surface area contributed by atoms with E-state index in [1.54, 1.807) is 4.90 Å². The summed E-state index contributed by atoms with van der Waals surface area (Å²) in [7, 11) is 0. The van der Waals surface area contributed by atoms with Crippen LogP contribution in [0.25, 0.3) is 0 Å². The lowest BCUT2D eigenvalue weighted by Gasteiger charge is -2.23. The fourth-order valence-electron chi connectivity index (χ4n) is 2.84. The van der Waals surface area contributed by atoms with Crippen LogP contribution in [0, 0.1) is 13.8 Å². The molecule has 0 radical (unpaired) electrons. The third kappa shape index (κ3) is 5.64. The van der Waals surface area contributed by atoms with E-state index in [0.29, 0.717) is 0 Å². The number of benzene rings is 1. The first-order valence-electron chi connectivity index (χ1n) is 8.11. The second-order valence-corrected chi connectivity index (χ2v) is 6.50. The Morgan fingerprint density at radius 1 is 1.14 bits per heavy atom. The summed E-state index contributed by atoms with van der Waals surface area (Å²) >= 11 is 5.35. The molecular formula is C17H28N3S+. The van der Waals surface area contributed by atoms with E-state index in [1.807, 2.05) is 0 Å². The van der Waals surface area contributed by atoms with Gasteiger partial charge in [-0.3, -0.25) is 0 Å². The minimum atomic E-state index is 0.729. The van der Waals surface area contributed by atoms with E-state index in [2.05, 4.69) is 42.7 Å². The Hall–Kier alpha value is -1.13. The molecule has 0 spiro atoms. The van der Waals surface area contributed by atoms with Crippen LogP contribution in [0.2, 0.25) is 0 Å². The Balaban J connectivity index is 1.63. The number of thiocarbonyl (C=S) groups is 1. The number of hydrogen-bond donors (Lipinski definition) is 3. The normalized spacial score (nSPS) is 15.7. The van der Waals surface area contributed by atoms with Crippen molar-refractivity contribution in [3.05, 3.63) is 29.3 Å². The van der Waals surface area contributed by atoms with Gasteiger partial charge in [-0.05, 0) is 68.6 Å². The van der Waals surface area contributed by atoms with Crippen molar-refractivity contribution in [2.45, 2.75) is 39.5 Å². The predicted molar refractivity (Wildman–Crippen MR) is 94.2 cm³/mol. The number of hydrogen-bond acceptors (Lipinski definition) is 1. The molecule has 1 aliphatic rings. The van der Waals surface area contributed by atoms with Gasteiger partial charge in [0.25, 0.3) is 0 Å². The highest BCUT2D eigenvalue weighted by Crippen LogP contribution is 2.13. The monoisotopic (exact) mass is 306 g/mol. The van der Waals surface area contributed by atoms with Crippen LogP contribution < -0.4 is 15.5 Å². The quantitative estimate of drug-likeness (QED) is 0.574. The fourth-order valence-corrected chi connectivity index (χ4v) is 3.06. The van der Waals surface area contributed by atoms with Gasteiger partial charge in [-0.25, -0.2) is 0 Å². The summed E-state index contributed by atoms with van der Waals surface area (Å²) in [6.45, 7) is 9.17. The SMILES string of the molecule is Cc1ccc(NC(=S)NCCC[NH+]2CCCCC2)cc1C. The second kappa shape index (κ2) is 8.35. The lowest BCUT2D eigenvalue weighted by molar-refractivity contribution is -0.904. The molecule has 0 amide bonds. The average molecular weight is 306 g/mol. The lowest BCUT2D eigenvalue weighted by Crippen LogP contribution is -3.12. The highest BCUT2D eigenvalue weighted by Gasteiger charge is 2.12. The van der Waals surface area contributed by atoms with Crippen molar-refractivity contribution in [3.63, 3.8) is 0 Å². The van der Waals surface area contributed by atoms with E-state index in [4.69, 9.17) is 12.2 Å². The minimum absolute atomic E-state index is 0.729. The highest BCUT2D eigenvalue weighted by atomic mass is 32.1. The summed E-state index contributed by atoms with van der Waals surface area (Å²) in [6.07, 6.45) is 5.40. The van der Waals surface area contributed by atoms with Gasteiger partial charge in [0.05, 0.1) is 19.6 Å². The number of aryl methyl sites for hydroxylation is 2. The van der Waals surface area contributed by atoms with Crippen LogP contribution in [0.5, 0.6) is 0 Å². The third-order valence-electron chi connectivity index (χ3n) is 4.32. The van der Waals surface area contributed by atoms with E-state index in [9.17, 15) is 0 Å². The summed E-state index contributed by atoms with van der Waals surface area (Å²) in [4.78, 5) is 1.76. The highest BCUT2D eigenvalue weighted by molar-refractivity contribution is 7.80. The molecule has 3 nitrogen and oxygen atoms in total. The van der Waals surface area contributed by atoms with E-state index in [-0.39, 0.29) is 0 Å². The van der Waals surface area contributed by atoms with Crippen molar-refractivity contribution in [3.8, 4) is 0 Å². The Morgan fingerprint density at radius 3 is 2.62 bits per heavy atom. The second-order valence-electron chi connectivity index (χ2n) is 6.09. The molecule has 1 saturated heterocycles. The van der Waals surface area contributed by atoms with E-state index < -0.39 is 0 Å². The number of quaternary nitrogens is 1. The molecule has 0 aromatic heterocycles. The smallest absolute Gasteiger partial charge is 0.170 e. The zero-order chi connectivity index (χ0) is 15.1. The fraction of sp³-hybridized carbons (Fsp3) is 0.588. The molecule has 4 heteroatoms. The van der Waals surface area contributed by atoms with Gasteiger partial charge in [-0.2, -0.15) is 0 Å². The molecule has 0 aliphatic carbocycles. The van der Waals surface area contributed by atoms with Crippen LogP contribution in [-0.4, -0.2) is 31.3 Å². The Bertz CT molecular complexity index is 467. The maximum atomic E-state index is 5.35.